The van der Waals surface area contributed by atoms with Crippen LogP contribution in [-0.2, 0) is 36.8 Å². The van der Waals surface area contributed by atoms with E-state index in [4.69, 9.17) is 25.8 Å². The molecule has 0 saturated heterocycles. The maximum absolute atomic E-state index is 14.4. The molecule has 11 heteroatoms. The van der Waals surface area contributed by atoms with Crippen molar-refractivity contribution in [3.63, 3.8) is 0 Å². The number of hydrogen-bond acceptors (Lipinski definition) is 7. The number of alkyl carbamates (subject to hydrolysis) is 1. The molecule has 0 radical (unpaired) electrons. The summed E-state index contributed by atoms with van der Waals surface area (Å²) in [5.41, 5.74) is -0.258. The highest BCUT2D eigenvalue weighted by atomic mass is 35.5. The molecule has 5 rings (SSSR count). The lowest BCUT2D eigenvalue weighted by atomic mass is 9.91. The Morgan fingerprint density at radius 3 is 2.60 bits per heavy atom. The SMILES string of the molecule is CCOC(=O)[C@@]12C[C@H]1/C=C\CCCCCC(NC(=O)OC(C)(C)C)C(=O)N1Cc3ccc(Oc4cccc(Cl)c4)cc3CC1C(=O)N2. The number of nitrogens with zero attached hydrogens (tertiary/aromatic N) is 1. The summed E-state index contributed by atoms with van der Waals surface area (Å²) in [6, 6.07) is 10.8. The Balaban J connectivity index is 1.48. The third kappa shape index (κ3) is 8.46. The highest BCUT2D eigenvalue weighted by Gasteiger charge is 2.62. The van der Waals surface area contributed by atoms with Gasteiger partial charge in [-0.3, -0.25) is 9.59 Å². The quantitative estimate of drug-likeness (QED) is 0.286. The molecule has 0 bridgehead atoms. The average molecular weight is 666 g/mol. The van der Waals surface area contributed by atoms with Crippen molar-refractivity contribution in [1.29, 1.82) is 0 Å². The van der Waals surface area contributed by atoms with Crippen molar-refractivity contribution in [2.24, 2.45) is 5.92 Å². The molecule has 2 heterocycles. The lowest BCUT2D eigenvalue weighted by molar-refractivity contribution is -0.151. The van der Waals surface area contributed by atoms with Crippen molar-refractivity contribution in [3.05, 3.63) is 70.8 Å². The highest BCUT2D eigenvalue weighted by Crippen LogP contribution is 2.46. The highest BCUT2D eigenvalue weighted by molar-refractivity contribution is 6.30. The van der Waals surface area contributed by atoms with Gasteiger partial charge in [-0.25, -0.2) is 9.59 Å². The first-order valence-corrected chi connectivity index (χ1v) is 16.8. The first-order chi connectivity index (χ1) is 22.4. The second-order valence-corrected chi connectivity index (χ2v) is 13.9. The second kappa shape index (κ2) is 14.4. The van der Waals surface area contributed by atoms with E-state index < -0.39 is 41.2 Å². The zero-order valence-corrected chi connectivity index (χ0v) is 28.2. The van der Waals surface area contributed by atoms with Crippen molar-refractivity contribution in [1.82, 2.24) is 15.5 Å². The van der Waals surface area contributed by atoms with E-state index in [9.17, 15) is 19.2 Å². The first-order valence-electron chi connectivity index (χ1n) is 16.4. The van der Waals surface area contributed by atoms with E-state index >= 15 is 0 Å². The predicted octanol–water partition coefficient (Wildman–Crippen LogP) is 6.24. The molecule has 2 unspecified atom stereocenters. The van der Waals surface area contributed by atoms with Crippen LogP contribution in [0.2, 0.25) is 5.02 Å². The summed E-state index contributed by atoms with van der Waals surface area (Å²) >= 11 is 6.15. The van der Waals surface area contributed by atoms with E-state index in [1.807, 2.05) is 30.4 Å². The van der Waals surface area contributed by atoms with Gasteiger partial charge in [-0.05, 0) is 94.8 Å². The molecule has 1 saturated carbocycles. The Bertz CT molecular complexity index is 1540. The molecule has 2 aromatic rings. The number of hydrogen-bond donors (Lipinski definition) is 2. The fraction of sp³-hybridized carbons (Fsp3) is 0.500. The average Bonchev–Trinajstić information content (AvgIpc) is 3.71. The minimum Gasteiger partial charge on any atom is -0.464 e. The summed E-state index contributed by atoms with van der Waals surface area (Å²) in [7, 11) is 0. The van der Waals surface area contributed by atoms with Crippen LogP contribution in [-0.4, -0.2) is 58.6 Å². The van der Waals surface area contributed by atoms with Crippen LogP contribution in [0.15, 0.2) is 54.6 Å². The van der Waals surface area contributed by atoms with Gasteiger partial charge in [-0.15, -0.1) is 0 Å². The number of nitrogens with one attached hydrogen (secondary N) is 2. The van der Waals surface area contributed by atoms with Crippen LogP contribution in [0.4, 0.5) is 4.79 Å². The van der Waals surface area contributed by atoms with Crippen LogP contribution in [0.3, 0.4) is 0 Å². The smallest absolute Gasteiger partial charge is 0.408 e. The van der Waals surface area contributed by atoms with Gasteiger partial charge in [-0.2, -0.15) is 0 Å². The molecule has 47 heavy (non-hydrogen) atoms. The molecule has 0 aromatic heterocycles. The molecular weight excluding hydrogens is 622 g/mol. The number of carbonyl (C=O) groups excluding carboxylic acids is 4. The van der Waals surface area contributed by atoms with E-state index in [-0.39, 0.29) is 31.4 Å². The molecular formula is C36H44ClN3O7. The van der Waals surface area contributed by atoms with E-state index in [2.05, 4.69) is 10.6 Å². The van der Waals surface area contributed by atoms with Gasteiger partial charge in [0.05, 0.1) is 6.61 Å². The molecule has 3 aliphatic rings. The monoisotopic (exact) mass is 665 g/mol. The second-order valence-electron chi connectivity index (χ2n) is 13.4. The van der Waals surface area contributed by atoms with Crippen LogP contribution in [0, 0.1) is 5.92 Å². The lowest BCUT2D eigenvalue weighted by Gasteiger charge is -2.39. The first kappa shape index (κ1) is 34.3. The number of benzene rings is 2. The Kier molecular flexibility index (Phi) is 10.5. The lowest BCUT2D eigenvalue weighted by Crippen LogP contribution is -2.60. The standard InChI is InChI=1S/C36H44ClN3O7/c1-5-45-33(43)36-21-25(36)12-9-7-6-8-10-15-29(38-34(44)47-35(2,3)4)32(42)40-22-23-16-17-28(46-27-14-11-13-26(37)20-27)18-24(23)19-30(40)31(41)39-36/h9,11-14,16-18,20,25,29-30H,5-8,10,15,19,21-22H2,1-4H3,(H,38,44)(H,39,41)/b12-9-/t25-,29?,30?,36-/m1/s1. The molecule has 0 spiro atoms. The molecule has 10 nitrogen and oxygen atoms in total. The topological polar surface area (TPSA) is 123 Å². The minimum atomic E-state index is -1.19. The maximum Gasteiger partial charge on any atom is 0.408 e. The molecule has 1 fully saturated rings. The number of esters is 1. The molecule has 1 aliphatic carbocycles. The van der Waals surface area contributed by atoms with Crippen LogP contribution in [0.1, 0.15) is 77.3 Å². The fourth-order valence-electron chi connectivity index (χ4n) is 6.22. The largest absolute Gasteiger partial charge is 0.464 e. The Morgan fingerprint density at radius 2 is 1.85 bits per heavy atom. The minimum absolute atomic E-state index is 0.131. The normalized spacial score (nSPS) is 25.4. The molecule has 4 atom stereocenters. The van der Waals surface area contributed by atoms with Gasteiger partial charge >= 0.3 is 12.1 Å². The van der Waals surface area contributed by atoms with Crippen LogP contribution < -0.4 is 15.4 Å². The third-order valence-corrected chi connectivity index (χ3v) is 8.88. The van der Waals surface area contributed by atoms with Gasteiger partial charge in [0.1, 0.15) is 34.7 Å². The van der Waals surface area contributed by atoms with E-state index in [1.54, 1.807) is 52.0 Å². The van der Waals surface area contributed by atoms with Crippen molar-refractivity contribution in [2.75, 3.05) is 6.61 Å². The summed E-state index contributed by atoms with van der Waals surface area (Å²) in [5.74, 6) is -0.398. The molecule has 2 aromatic carbocycles. The van der Waals surface area contributed by atoms with Crippen molar-refractivity contribution < 1.29 is 33.4 Å². The fourth-order valence-corrected chi connectivity index (χ4v) is 6.40. The number of rotatable bonds is 5. The molecule has 2 aliphatic heterocycles. The molecule has 2 N–H and O–H groups in total. The van der Waals surface area contributed by atoms with Crippen LogP contribution >= 0.6 is 11.6 Å². The van der Waals surface area contributed by atoms with Crippen molar-refractivity contribution in [2.45, 2.75) is 102 Å². The van der Waals surface area contributed by atoms with Gasteiger partial charge in [0.15, 0.2) is 0 Å². The third-order valence-electron chi connectivity index (χ3n) is 8.65. The van der Waals surface area contributed by atoms with E-state index in [0.717, 1.165) is 30.4 Å². The summed E-state index contributed by atoms with van der Waals surface area (Å²) in [5, 5.41) is 6.33. The number of ether oxygens (including phenoxy) is 3. The van der Waals surface area contributed by atoms with Gasteiger partial charge in [0, 0.05) is 23.9 Å². The maximum atomic E-state index is 14.4. The van der Waals surface area contributed by atoms with Crippen LogP contribution in [0.5, 0.6) is 11.5 Å². The van der Waals surface area contributed by atoms with E-state index in [0.29, 0.717) is 35.8 Å². The zero-order chi connectivity index (χ0) is 33.8. The Labute approximate surface area is 281 Å². The number of amides is 3. The number of carbonyl (C=O) groups is 4. The Hall–Kier alpha value is -4.05. The van der Waals surface area contributed by atoms with Gasteiger partial charge in [-0.1, -0.05) is 48.7 Å². The van der Waals surface area contributed by atoms with Gasteiger partial charge < -0.3 is 29.7 Å². The van der Waals surface area contributed by atoms with Crippen molar-refractivity contribution in [3.8, 4) is 11.5 Å². The summed E-state index contributed by atoms with van der Waals surface area (Å²) in [6.07, 6.45) is 7.55. The van der Waals surface area contributed by atoms with E-state index in [1.165, 1.54) is 4.90 Å². The van der Waals surface area contributed by atoms with Crippen molar-refractivity contribution >= 4 is 35.5 Å². The number of allylic oxidation sites excluding steroid dienone is 1. The van der Waals surface area contributed by atoms with Gasteiger partial charge in [0.2, 0.25) is 11.8 Å². The number of fused-ring (bicyclic) bond motifs is 3. The molecule has 252 valence electrons. The van der Waals surface area contributed by atoms with Gasteiger partial charge in [0.25, 0.3) is 0 Å². The van der Waals surface area contributed by atoms with Crippen LogP contribution in [0.25, 0.3) is 0 Å². The summed E-state index contributed by atoms with van der Waals surface area (Å²) in [4.78, 5) is 56.2. The number of halogens is 1. The zero-order valence-electron chi connectivity index (χ0n) is 27.5. The summed E-state index contributed by atoms with van der Waals surface area (Å²) < 4.78 is 17.0. The molecule has 3 amide bonds. The Morgan fingerprint density at radius 1 is 1.06 bits per heavy atom. The predicted molar refractivity (Wildman–Crippen MR) is 177 cm³/mol. The summed E-state index contributed by atoms with van der Waals surface area (Å²) in [6.45, 7) is 7.32.